The largest absolute Gasteiger partial charge is 0.462 e. The summed E-state index contributed by atoms with van der Waals surface area (Å²) in [4.78, 5) is 14.5. The summed E-state index contributed by atoms with van der Waals surface area (Å²) in [5, 5.41) is 19.5. The van der Waals surface area contributed by atoms with Crippen LogP contribution in [0.15, 0.2) is 0 Å². The molecule has 0 rings (SSSR count). The number of unbranched alkanes of at least 4 members (excludes halogenated alkanes) is 11. The first kappa shape index (κ1) is 38.4. The molecule has 234 valence electrons. The minimum Gasteiger partial charge on any atom is -0.462 e. The Balaban J connectivity index is 6.49. The first-order valence-electron chi connectivity index (χ1n) is 17.2. The fourth-order valence-corrected chi connectivity index (χ4v) is 7.05. The van der Waals surface area contributed by atoms with Crippen molar-refractivity contribution < 1.29 is 19.7 Å². The van der Waals surface area contributed by atoms with Gasteiger partial charge in [-0.05, 0) is 42.9 Å². The van der Waals surface area contributed by atoms with Crippen molar-refractivity contribution in [3.63, 3.8) is 0 Å². The van der Waals surface area contributed by atoms with Gasteiger partial charge in [-0.25, -0.2) is 0 Å². The van der Waals surface area contributed by atoms with Gasteiger partial charge in [0.25, 0.3) is 0 Å². The Morgan fingerprint density at radius 2 is 1.05 bits per heavy atom. The molecule has 0 aliphatic carbocycles. The molecule has 0 aliphatic heterocycles. The lowest BCUT2D eigenvalue weighted by atomic mass is 9.54. The van der Waals surface area contributed by atoms with Crippen molar-refractivity contribution in [3.05, 3.63) is 0 Å². The molecular weight excluding hydrogens is 484 g/mol. The SMILES string of the molecule is CCCCCCCCC(C(C)CCCCC)C(C(=O)OCC(O)CO)(C(C)CCCCC)C(C)CCCCC. The predicted molar refractivity (Wildman–Crippen MR) is 168 cm³/mol. The van der Waals surface area contributed by atoms with E-state index < -0.39 is 11.5 Å². The minimum absolute atomic E-state index is 0.110. The highest BCUT2D eigenvalue weighted by molar-refractivity contribution is 5.78. The Morgan fingerprint density at radius 1 is 0.641 bits per heavy atom. The normalized spacial score (nSPS) is 17.3. The van der Waals surface area contributed by atoms with Crippen molar-refractivity contribution in [1.82, 2.24) is 0 Å². The van der Waals surface area contributed by atoms with E-state index in [0.29, 0.717) is 5.92 Å². The Hall–Kier alpha value is -0.610. The lowest BCUT2D eigenvalue weighted by molar-refractivity contribution is -0.178. The smallest absolute Gasteiger partial charge is 0.313 e. The van der Waals surface area contributed by atoms with E-state index in [-0.39, 0.29) is 36.9 Å². The maximum atomic E-state index is 14.5. The van der Waals surface area contributed by atoms with Gasteiger partial charge < -0.3 is 14.9 Å². The molecule has 0 radical (unpaired) electrons. The summed E-state index contributed by atoms with van der Waals surface area (Å²) in [5.41, 5.74) is -0.564. The molecule has 5 unspecified atom stereocenters. The first-order chi connectivity index (χ1) is 18.8. The second-order valence-electron chi connectivity index (χ2n) is 12.8. The van der Waals surface area contributed by atoms with Gasteiger partial charge in [-0.3, -0.25) is 4.79 Å². The molecule has 0 saturated carbocycles. The molecule has 0 saturated heterocycles. The number of hydrogen-bond donors (Lipinski definition) is 2. The average molecular weight is 555 g/mol. The number of carbonyl (C=O) groups excluding carboxylic acids is 1. The topological polar surface area (TPSA) is 66.8 Å². The van der Waals surface area contributed by atoms with Crippen LogP contribution >= 0.6 is 0 Å². The number of rotatable bonds is 27. The van der Waals surface area contributed by atoms with Gasteiger partial charge in [-0.15, -0.1) is 0 Å². The monoisotopic (exact) mass is 555 g/mol. The van der Waals surface area contributed by atoms with E-state index in [1.165, 1.54) is 83.5 Å². The standard InChI is InChI=1S/C35H70O4/c1-8-12-16-17-18-22-26-33(29(5)23-19-13-9-2)35(30(6)24-20-14-10-3,31(7)25-21-15-11-4)34(38)39-28-32(37)27-36/h29-33,36-37H,8-28H2,1-7H3. The van der Waals surface area contributed by atoms with Gasteiger partial charge in [0, 0.05) is 0 Å². The van der Waals surface area contributed by atoms with Crippen LogP contribution in [-0.4, -0.2) is 35.5 Å². The molecule has 2 N–H and O–H groups in total. The molecule has 0 amide bonds. The molecule has 5 atom stereocenters. The van der Waals surface area contributed by atoms with Gasteiger partial charge in [0.2, 0.25) is 0 Å². The fourth-order valence-electron chi connectivity index (χ4n) is 7.05. The van der Waals surface area contributed by atoms with E-state index in [4.69, 9.17) is 4.74 Å². The highest BCUT2D eigenvalue weighted by Gasteiger charge is 2.55. The van der Waals surface area contributed by atoms with E-state index >= 15 is 0 Å². The van der Waals surface area contributed by atoms with Crippen molar-refractivity contribution in [3.8, 4) is 0 Å². The van der Waals surface area contributed by atoms with Gasteiger partial charge in [0.15, 0.2) is 0 Å². The molecule has 39 heavy (non-hydrogen) atoms. The summed E-state index contributed by atoms with van der Waals surface area (Å²) in [7, 11) is 0. The van der Waals surface area contributed by atoms with Crippen LogP contribution in [0.2, 0.25) is 0 Å². The van der Waals surface area contributed by atoms with E-state index in [1.54, 1.807) is 0 Å². The second kappa shape index (κ2) is 24.0. The molecule has 0 aromatic carbocycles. The summed E-state index contributed by atoms with van der Waals surface area (Å²) >= 11 is 0. The van der Waals surface area contributed by atoms with Crippen LogP contribution in [-0.2, 0) is 9.53 Å². The van der Waals surface area contributed by atoms with Gasteiger partial charge in [0.1, 0.15) is 12.7 Å². The Labute approximate surface area is 244 Å². The third-order valence-electron chi connectivity index (χ3n) is 9.52. The number of ether oxygens (including phenoxy) is 1. The van der Waals surface area contributed by atoms with Gasteiger partial charge in [-0.2, -0.15) is 0 Å². The van der Waals surface area contributed by atoms with Crippen LogP contribution in [0, 0.1) is 29.1 Å². The van der Waals surface area contributed by atoms with Crippen LogP contribution in [0.25, 0.3) is 0 Å². The zero-order chi connectivity index (χ0) is 29.5. The van der Waals surface area contributed by atoms with Crippen LogP contribution in [0.4, 0.5) is 0 Å². The molecule has 4 nitrogen and oxygen atoms in total. The Kier molecular flexibility index (Phi) is 23.7. The average Bonchev–Trinajstić information content (AvgIpc) is 2.93. The van der Waals surface area contributed by atoms with Gasteiger partial charge >= 0.3 is 5.97 Å². The molecule has 0 aromatic rings. The maximum Gasteiger partial charge on any atom is 0.313 e. The summed E-state index contributed by atoms with van der Waals surface area (Å²) in [6.07, 6.45) is 21.5. The van der Waals surface area contributed by atoms with Crippen molar-refractivity contribution in [2.75, 3.05) is 13.2 Å². The number of aliphatic hydroxyl groups excluding tert-OH is 2. The van der Waals surface area contributed by atoms with E-state index in [9.17, 15) is 15.0 Å². The summed E-state index contributed by atoms with van der Waals surface area (Å²) in [5.74, 6) is 1.05. The highest BCUT2D eigenvalue weighted by Crippen LogP contribution is 2.53. The zero-order valence-electron chi connectivity index (χ0n) is 27.4. The molecule has 0 fully saturated rings. The van der Waals surface area contributed by atoms with E-state index in [1.807, 2.05) is 0 Å². The minimum atomic E-state index is -1.02. The van der Waals surface area contributed by atoms with Crippen molar-refractivity contribution in [1.29, 1.82) is 0 Å². The molecule has 0 bridgehead atoms. The summed E-state index contributed by atoms with van der Waals surface area (Å²) in [6, 6.07) is 0. The predicted octanol–water partition coefficient (Wildman–Crippen LogP) is 9.89. The summed E-state index contributed by atoms with van der Waals surface area (Å²) in [6.45, 7) is 15.6. The third-order valence-corrected chi connectivity index (χ3v) is 9.52. The van der Waals surface area contributed by atoms with Crippen molar-refractivity contribution in [2.45, 2.75) is 177 Å². The molecule has 0 spiro atoms. The fraction of sp³-hybridized carbons (Fsp3) is 0.971. The number of esters is 1. The number of aliphatic hydroxyl groups is 2. The lowest BCUT2D eigenvalue weighted by Crippen LogP contribution is -2.52. The number of carbonyl (C=O) groups is 1. The van der Waals surface area contributed by atoms with Crippen molar-refractivity contribution >= 4 is 5.97 Å². The van der Waals surface area contributed by atoms with E-state index in [2.05, 4.69) is 48.5 Å². The summed E-state index contributed by atoms with van der Waals surface area (Å²) < 4.78 is 5.98. The molecule has 0 heterocycles. The number of hydrogen-bond acceptors (Lipinski definition) is 4. The molecule has 0 aromatic heterocycles. The van der Waals surface area contributed by atoms with Crippen LogP contribution < -0.4 is 0 Å². The quantitative estimate of drug-likeness (QED) is 0.0783. The lowest BCUT2D eigenvalue weighted by Gasteiger charge is -2.50. The van der Waals surface area contributed by atoms with Crippen LogP contribution in [0.5, 0.6) is 0 Å². The Bertz CT molecular complexity index is 547. The highest BCUT2D eigenvalue weighted by atomic mass is 16.5. The second-order valence-corrected chi connectivity index (χ2v) is 12.8. The molecule has 0 aliphatic rings. The zero-order valence-corrected chi connectivity index (χ0v) is 27.4. The van der Waals surface area contributed by atoms with E-state index in [0.717, 1.165) is 38.5 Å². The third kappa shape index (κ3) is 14.2. The maximum absolute atomic E-state index is 14.5. The van der Waals surface area contributed by atoms with Gasteiger partial charge in [0.05, 0.1) is 12.0 Å². The van der Waals surface area contributed by atoms with Gasteiger partial charge in [-0.1, -0.05) is 151 Å². The Morgan fingerprint density at radius 3 is 1.54 bits per heavy atom. The molecule has 4 heteroatoms. The van der Waals surface area contributed by atoms with Crippen LogP contribution in [0.3, 0.4) is 0 Å². The van der Waals surface area contributed by atoms with Crippen molar-refractivity contribution in [2.24, 2.45) is 29.1 Å². The first-order valence-corrected chi connectivity index (χ1v) is 17.2. The molecular formula is C35H70O4. The van der Waals surface area contributed by atoms with Crippen LogP contribution in [0.1, 0.15) is 170 Å².